The fourth-order valence-corrected chi connectivity index (χ4v) is 4.68. The summed E-state index contributed by atoms with van der Waals surface area (Å²) in [6.07, 6.45) is 12.3. The molecule has 28 heavy (non-hydrogen) atoms. The van der Waals surface area contributed by atoms with Gasteiger partial charge in [0.25, 0.3) is 0 Å². The summed E-state index contributed by atoms with van der Waals surface area (Å²) >= 11 is 0. The van der Waals surface area contributed by atoms with Gasteiger partial charge in [0.05, 0.1) is 6.54 Å². The highest BCUT2D eigenvalue weighted by Gasteiger charge is 2.26. The third-order valence-corrected chi connectivity index (χ3v) is 6.49. The van der Waals surface area contributed by atoms with Crippen molar-refractivity contribution in [2.45, 2.75) is 76.7 Å². The van der Waals surface area contributed by atoms with E-state index < -0.39 is 0 Å². The molecule has 0 aromatic rings. The van der Waals surface area contributed by atoms with Crippen molar-refractivity contribution in [3.8, 4) is 0 Å². The van der Waals surface area contributed by atoms with E-state index in [1.165, 1.54) is 38.5 Å². The molecule has 0 atom stereocenters. The lowest BCUT2D eigenvalue weighted by molar-refractivity contribution is -0.134. The van der Waals surface area contributed by atoms with Gasteiger partial charge in [-0.1, -0.05) is 38.5 Å². The molecule has 0 spiro atoms. The molecule has 1 saturated heterocycles. The fourth-order valence-electron chi connectivity index (χ4n) is 4.68. The van der Waals surface area contributed by atoms with Crippen molar-refractivity contribution in [1.29, 1.82) is 0 Å². The Morgan fingerprint density at radius 2 is 1.32 bits per heavy atom. The second-order valence-electron chi connectivity index (χ2n) is 8.64. The van der Waals surface area contributed by atoms with Crippen molar-refractivity contribution < 1.29 is 14.4 Å². The molecule has 0 bridgehead atoms. The van der Waals surface area contributed by atoms with Gasteiger partial charge in [0.2, 0.25) is 11.8 Å². The number of piperazine rings is 1. The van der Waals surface area contributed by atoms with E-state index >= 15 is 0 Å². The molecule has 0 aromatic carbocycles. The second kappa shape index (κ2) is 10.7. The van der Waals surface area contributed by atoms with E-state index in [0.29, 0.717) is 44.6 Å². The molecular weight excluding hydrogens is 356 g/mol. The molecule has 3 rings (SSSR count). The Balaban J connectivity index is 1.31. The van der Waals surface area contributed by atoms with Crippen LogP contribution in [0.15, 0.2) is 0 Å². The first-order valence-corrected chi connectivity index (χ1v) is 11.2. The highest BCUT2D eigenvalue weighted by atomic mass is 16.2. The van der Waals surface area contributed by atoms with Crippen LogP contribution in [0.1, 0.15) is 70.6 Å². The van der Waals surface area contributed by atoms with E-state index in [2.05, 4.69) is 10.6 Å². The van der Waals surface area contributed by atoms with Gasteiger partial charge in [0, 0.05) is 38.6 Å². The summed E-state index contributed by atoms with van der Waals surface area (Å²) in [5, 5.41) is 5.93. The number of nitrogens with one attached hydrogen (secondary N) is 2. The third kappa shape index (κ3) is 6.38. The number of amides is 4. The van der Waals surface area contributed by atoms with Crippen LogP contribution in [-0.4, -0.2) is 66.4 Å². The topological polar surface area (TPSA) is 81.8 Å². The Bertz CT molecular complexity index is 534. The number of urea groups is 1. The summed E-state index contributed by atoms with van der Waals surface area (Å²) in [6.45, 7) is 2.26. The molecule has 0 aromatic heterocycles. The molecule has 7 nitrogen and oxygen atoms in total. The molecule has 2 N–H and O–H groups in total. The zero-order valence-corrected chi connectivity index (χ0v) is 17.1. The summed E-state index contributed by atoms with van der Waals surface area (Å²) in [5.74, 6) is 0.421. The van der Waals surface area contributed by atoms with Crippen LogP contribution >= 0.6 is 0 Å². The molecule has 2 saturated carbocycles. The molecule has 158 valence electrons. The van der Waals surface area contributed by atoms with Gasteiger partial charge in [0.15, 0.2) is 0 Å². The maximum atomic E-state index is 12.4. The predicted molar refractivity (Wildman–Crippen MR) is 108 cm³/mol. The highest BCUT2D eigenvalue weighted by molar-refractivity contribution is 5.85. The molecule has 0 unspecified atom stereocenters. The van der Waals surface area contributed by atoms with Crippen LogP contribution in [0.5, 0.6) is 0 Å². The van der Waals surface area contributed by atoms with Gasteiger partial charge in [-0.05, 0) is 31.6 Å². The van der Waals surface area contributed by atoms with Gasteiger partial charge in [-0.3, -0.25) is 9.59 Å². The number of carbonyl (C=O) groups excluding carboxylic acids is 3. The Kier molecular flexibility index (Phi) is 7.98. The molecule has 0 radical (unpaired) electrons. The smallest absolute Gasteiger partial charge is 0.317 e. The van der Waals surface area contributed by atoms with Crippen molar-refractivity contribution in [2.24, 2.45) is 5.92 Å². The molecule has 7 heteroatoms. The Hall–Kier alpha value is -1.79. The first kappa shape index (κ1) is 20.9. The molecule has 4 amide bonds. The second-order valence-corrected chi connectivity index (χ2v) is 8.64. The Morgan fingerprint density at radius 3 is 1.96 bits per heavy atom. The lowest BCUT2D eigenvalue weighted by atomic mass is 9.87. The van der Waals surface area contributed by atoms with Gasteiger partial charge < -0.3 is 20.4 Å². The van der Waals surface area contributed by atoms with Crippen molar-refractivity contribution >= 4 is 17.8 Å². The average molecular weight is 393 g/mol. The van der Waals surface area contributed by atoms with E-state index in [1.54, 1.807) is 9.80 Å². The van der Waals surface area contributed by atoms with Crippen LogP contribution in [-0.2, 0) is 9.59 Å². The summed E-state index contributed by atoms with van der Waals surface area (Å²) in [4.78, 5) is 40.4. The number of hydrogen-bond acceptors (Lipinski definition) is 3. The van der Waals surface area contributed by atoms with Crippen molar-refractivity contribution in [1.82, 2.24) is 20.4 Å². The number of carbonyl (C=O) groups is 3. The Labute approximate surface area is 168 Å². The van der Waals surface area contributed by atoms with Gasteiger partial charge in [-0.15, -0.1) is 0 Å². The van der Waals surface area contributed by atoms with Crippen LogP contribution in [0.2, 0.25) is 0 Å². The lowest BCUT2D eigenvalue weighted by Gasteiger charge is -2.36. The quantitative estimate of drug-likeness (QED) is 0.753. The number of hydrogen-bond donors (Lipinski definition) is 2. The van der Waals surface area contributed by atoms with Crippen molar-refractivity contribution in [2.75, 3.05) is 32.7 Å². The number of rotatable bonds is 5. The summed E-state index contributed by atoms with van der Waals surface area (Å²) in [5.41, 5.74) is 0. The van der Waals surface area contributed by atoms with Crippen LogP contribution in [0.4, 0.5) is 4.79 Å². The van der Waals surface area contributed by atoms with E-state index in [-0.39, 0.29) is 24.4 Å². The fraction of sp³-hybridized carbons (Fsp3) is 0.857. The van der Waals surface area contributed by atoms with Crippen molar-refractivity contribution in [3.05, 3.63) is 0 Å². The van der Waals surface area contributed by atoms with E-state index in [0.717, 1.165) is 25.7 Å². The van der Waals surface area contributed by atoms with Crippen LogP contribution < -0.4 is 10.6 Å². The zero-order chi connectivity index (χ0) is 19.8. The average Bonchev–Trinajstić information content (AvgIpc) is 2.73. The predicted octanol–water partition coefficient (Wildman–Crippen LogP) is 2.26. The van der Waals surface area contributed by atoms with Gasteiger partial charge in [0.1, 0.15) is 0 Å². The van der Waals surface area contributed by atoms with E-state index in [1.807, 2.05) is 0 Å². The van der Waals surface area contributed by atoms with Crippen molar-refractivity contribution in [3.63, 3.8) is 0 Å². The summed E-state index contributed by atoms with van der Waals surface area (Å²) in [7, 11) is 0. The molecule has 2 aliphatic carbocycles. The molecule has 1 heterocycles. The third-order valence-electron chi connectivity index (χ3n) is 6.49. The minimum absolute atomic E-state index is 0.000200. The Morgan fingerprint density at radius 1 is 0.750 bits per heavy atom. The van der Waals surface area contributed by atoms with Gasteiger partial charge in [-0.25, -0.2) is 4.79 Å². The summed E-state index contributed by atoms with van der Waals surface area (Å²) < 4.78 is 0. The molecule has 1 aliphatic heterocycles. The number of nitrogens with zero attached hydrogens (tertiary/aromatic N) is 2. The van der Waals surface area contributed by atoms with Crippen LogP contribution in [0.3, 0.4) is 0 Å². The zero-order valence-electron chi connectivity index (χ0n) is 17.1. The largest absolute Gasteiger partial charge is 0.347 e. The maximum Gasteiger partial charge on any atom is 0.317 e. The molecule has 3 aliphatic rings. The highest BCUT2D eigenvalue weighted by Crippen LogP contribution is 2.26. The molecular formula is C21H36N4O3. The SMILES string of the molecule is O=C(CC1CCCCC1)NCC(=O)N1CCN(C(=O)NC2CCCCC2)CC1. The monoisotopic (exact) mass is 392 g/mol. The van der Waals surface area contributed by atoms with Gasteiger partial charge in [-0.2, -0.15) is 0 Å². The van der Waals surface area contributed by atoms with E-state index in [9.17, 15) is 14.4 Å². The summed E-state index contributed by atoms with van der Waals surface area (Å²) in [6, 6.07) is 0.306. The minimum atomic E-state index is -0.0515. The van der Waals surface area contributed by atoms with Gasteiger partial charge >= 0.3 is 6.03 Å². The lowest BCUT2D eigenvalue weighted by Crippen LogP contribution is -2.55. The maximum absolute atomic E-state index is 12.4. The first-order chi connectivity index (χ1) is 13.6. The minimum Gasteiger partial charge on any atom is -0.347 e. The van der Waals surface area contributed by atoms with Crippen LogP contribution in [0.25, 0.3) is 0 Å². The van der Waals surface area contributed by atoms with E-state index in [4.69, 9.17) is 0 Å². The standard InChI is InChI=1S/C21H36N4O3/c26-19(15-17-7-3-1-4-8-17)22-16-20(27)24-11-13-25(14-12-24)21(28)23-18-9-5-2-6-10-18/h17-18H,1-16H2,(H,22,26)(H,23,28). The first-order valence-electron chi connectivity index (χ1n) is 11.2. The normalized spacial score (nSPS) is 22.0. The van der Waals surface area contributed by atoms with Crippen LogP contribution in [0, 0.1) is 5.92 Å². The molecule has 3 fully saturated rings.